The lowest BCUT2D eigenvalue weighted by Gasteiger charge is -2.26. The van der Waals surface area contributed by atoms with Gasteiger partial charge in [0.25, 0.3) is 0 Å². The van der Waals surface area contributed by atoms with Crippen LogP contribution in [0, 0.1) is 0 Å². The van der Waals surface area contributed by atoms with Gasteiger partial charge < -0.3 is 19.3 Å². The number of hydrogen-bond donors (Lipinski definition) is 0. The van der Waals surface area contributed by atoms with Crippen LogP contribution in [-0.2, 0) is 43.0 Å². The maximum atomic E-state index is 13.9. The molecule has 6 aromatic carbocycles. The second-order valence-electron chi connectivity index (χ2n) is 20.7. The summed E-state index contributed by atoms with van der Waals surface area (Å²) in [5, 5.41) is 1.41. The van der Waals surface area contributed by atoms with E-state index >= 15 is 0 Å². The van der Waals surface area contributed by atoms with Crippen molar-refractivity contribution in [1.82, 2.24) is 9.80 Å². The molecule has 0 bridgehead atoms. The minimum atomic E-state index is -0.503. The molecule has 2 saturated heterocycles. The Morgan fingerprint density at radius 3 is 1.30 bits per heavy atom. The van der Waals surface area contributed by atoms with Crippen molar-refractivity contribution in [2.75, 3.05) is 75.5 Å². The molecule has 380 valence electrons. The van der Waals surface area contributed by atoms with E-state index in [4.69, 9.17) is 32.7 Å². The number of ether oxygens (including phenoxy) is 2. The standard InChI is InChI=1S/2C31H31ClN2O3/c2*32-25-12-10-23(11-13-25)27-20-31(27)26-7-1-2-8-28(26)34(30(31)36)21-22-5-3-6-24(19-22)29(35)9-4-14-33-15-17-37-18-16-33/h2*1-3,5-8,10-13,19,27H,4,9,14-18,20-21H2/t2*27-,31-/m10/s1. The highest BCUT2D eigenvalue weighted by atomic mass is 35.5. The van der Waals surface area contributed by atoms with E-state index in [1.807, 2.05) is 143 Å². The number of hydrogen-bond acceptors (Lipinski definition) is 8. The number of morpholine rings is 2. The Balaban J connectivity index is 0.000000159. The highest BCUT2D eigenvalue weighted by molar-refractivity contribution is 6.30. The second kappa shape index (κ2) is 21.7. The Morgan fingerprint density at radius 2 is 0.892 bits per heavy atom. The molecule has 12 heteroatoms. The summed E-state index contributed by atoms with van der Waals surface area (Å²) in [5.41, 5.74) is 8.86. The van der Waals surface area contributed by atoms with Gasteiger partial charge in [-0.05, 0) is 121 Å². The molecule has 0 aromatic heterocycles. The summed E-state index contributed by atoms with van der Waals surface area (Å²) >= 11 is 12.2. The van der Waals surface area contributed by atoms with Gasteiger partial charge in [0, 0.05) is 83.4 Å². The molecule has 2 spiro atoms. The number of carbonyl (C=O) groups excluding carboxylic acids is 4. The number of ketones is 2. The Morgan fingerprint density at radius 1 is 0.500 bits per heavy atom. The topological polar surface area (TPSA) is 99.7 Å². The number of Topliss-reactive ketones (excluding diaryl/α,β-unsaturated/α-hetero) is 2. The number of rotatable bonds is 16. The molecule has 0 radical (unpaired) electrons. The molecule has 0 unspecified atom stereocenters. The van der Waals surface area contributed by atoms with Gasteiger partial charge in [0.15, 0.2) is 11.6 Å². The van der Waals surface area contributed by atoms with Gasteiger partial charge in [-0.25, -0.2) is 0 Å². The van der Waals surface area contributed by atoms with Crippen LogP contribution in [0.4, 0.5) is 11.4 Å². The predicted molar refractivity (Wildman–Crippen MR) is 291 cm³/mol. The van der Waals surface area contributed by atoms with Crippen LogP contribution < -0.4 is 9.80 Å². The number of nitrogens with zero attached hydrogens (tertiary/aromatic N) is 4. The number of anilines is 2. The monoisotopic (exact) mass is 1030 g/mol. The van der Waals surface area contributed by atoms with Crippen molar-refractivity contribution in [2.45, 2.75) is 74.3 Å². The van der Waals surface area contributed by atoms with Crippen molar-refractivity contribution in [3.05, 3.63) is 200 Å². The van der Waals surface area contributed by atoms with Crippen LogP contribution in [-0.4, -0.2) is 98.9 Å². The molecule has 6 aliphatic rings. The first-order chi connectivity index (χ1) is 36.1. The summed E-state index contributed by atoms with van der Waals surface area (Å²) in [7, 11) is 0. The fourth-order valence-electron chi connectivity index (χ4n) is 12.1. The summed E-state index contributed by atoms with van der Waals surface area (Å²) in [5.74, 6) is 0.923. The van der Waals surface area contributed by atoms with Crippen LogP contribution in [0.3, 0.4) is 0 Å². The first-order valence-corrected chi connectivity index (χ1v) is 27.1. The number of halogens is 2. The van der Waals surface area contributed by atoms with Gasteiger partial charge in [-0.3, -0.25) is 29.0 Å². The fourth-order valence-corrected chi connectivity index (χ4v) is 12.4. The molecule has 74 heavy (non-hydrogen) atoms. The molecule has 4 fully saturated rings. The molecule has 0 N–H and O–H groups in total. The highest BCUT2D eigenvalue weighted by Crippen LogP contribution is 2.67. The molecular formula is C62H62Cl2N4O6. The molecule has 12 rings (SSSR count). The van der Waals surface area contributed by atoms with Gasteiger partial charge in [-0.15, -0.1) is 0 Å². The molecule has 4 aliphatic heterocycles. The zero-order chi connectivity index (χ0) is 50.8. The number of amides is 2. The smallest absolute Gasteiger partial charge is 0.238 e. The average molecular weight is 1030 g/mol. The first-order valence-electron chi connectivity index (χ1n) is 26.3. The van der Waals surface area contributed by atoms with Crippen LogP contribution in [0.5, 0.6) is 0 Å². The summed E-state index contributed by atoms with van der Waals surface area (Å²) in [6.45, 7) is 9.61. The van der Waals surface area contributed by atoms with Gasteiger partial charge >= 0.3 is 0 Å². The first kappa shape index (κ1) is 50.2. The molecule has 4 atom stereocenters. The van der Waals surface area contributed by atoms with E-state index in [0.717, 1.165) is 147 Å². The summed E-state index contributed by atoms with van der Waals surface area (Å²) in [6, 6.07) is 47.6. The molecule has 2 amide bonds. The molecule has 10 nitrogen and oxygen atoms in total. The van der Waals surface area contributed by atoms with Gasteiger partial charge in [0.1, 0.15) is 0 Å². The lowest BCUT2D eigenvalue weighted by Crippen LogP contribution is -2.36. The zero-order valence-corrected chi connectivity index (χ0v) is 43.2. The SMILES string of the molecule is O=C(CCCN1CCOCC1)c1cccc(CN2C(=O)[C@@]3(C[C@H]3c3ccc(Cl)cc3)c3ccccc32)c1.O=C(CCCN1CCOCC1)c1cccc(CN2C(=O)[C@]3(C[C@@H]3c3ccc(Cl)cc3)c3ccccc32)c1. The minimum Gasteiger partial charge on any atom is -0.379 e. The maximum absolute atomic E-state index is 13.9. The van der Waals surface area contributed by atoms with Crippen LogP contribution in [0.2, 0.25) is 10.0 Å². The Kier molecular flexibility index (Phi) is 14.7. The van der Waals surface area contributed by atoms with E-state index in [-0.39, 0.29) is 35.2 Å². The maximum Gasteiger partial charge on any atom is 0.238 e. The third-order valence-electron chi connectivity index (χ3n) is 16.2. The van der Waals surface area contributed by atoms with Crippen LogP contribution in [0.25, 0.3) is 0 Å². The summed E-state index contributed by atoms with van der Waals surface area (Å²) in [4.78, 5) is 62.3. The molecule has 4 heterocycles. The Hall–Kier alpha value is -5.98. The van der Waals surface area contributed by atoms with Crippen molar-refractivity contribution in [3.8, 4) is 0 Å². The Labute approximate surface area is 444 Å². The van der Waals surface area contributed by atoms with Crippen LogP contribution >= 0.6 is 23.2 Å². The lowest BCUT2D eigenvalue weighted by atomic mass is 9.92. The number of fused-ring (bicyclic) bond motifs is 4. The van der Waals surface area contributed by atoms with Crippen molar-refractivity contribution in [1.29, 1.82) is 0 Å². The summed E-state index contributed by atoms with van der Waals surface area (Å²) in [6.07, 6.45) is 4.35. The molecular weight excluding hydrogens is 968 g/mol. The number of benzene rings is 6. The van der Waals surface area contributed by atoms with Gasteiger partial charge in [0.05, 0.1) is 50.3 Å². The van der Waals surface area contributed by atoms with E-state index in [1.54, 1.807) is 0 Å². The van der Waals surface area contributed by atoms with Gasteiger partial charge in [0.2, 0.25) is 11.8 Å². The molecule has 6 aromatic rings. The minimum absolute atomic E-state index is 0.149. The second-order valence-corrected chi connectivity index (χ2v) is 21.6. The highest BCUT2D eigenvalue weighted by Gasteiger charge is 2.68. The van der Waals surface area contributed by atoms with Crippen LogP contribution in [0.15, 0.2) is 146 Å². The van der Waals surface area contributed by atoms with Crippen LogP contribution in [0.1, 0.15) is 104 Å². The predicted octanol–water partition coefficient (Wildman–Crippen LogP) is 11.2. The van der Waals surface area contributed by atoms with Crippen molar-refractivity contribution >= 4 is 58.0 Å². The van der Waals surface area contributed by atoms with Crippen molar-refractivity contribution < 1.29 is 28.7 Å². The van der Waals surface area contributed by atoms with E-state index < -0.39 is 10.8 Å². The van der Waals surface area contributed by atoms with E-state index in [9.17, 15) is 19.2 Å². The van der Waals surface area contributed by atoms with Gasteiger partial charge in [-0.2, -0.15) is 0 Å². The normalized spacial score (nSPS) is 22.9. The number of carbonyl (C=O) groups is 4. The lowest BCUT2D eigenvalue weighted by molar-refractivity contribution is -0.121. The van der Waals surface area contributed by atoms with E-state index in [0.29, 0.717) is 36.0 Å². The van der Waals surface area contributed by atoms with Crippen molar-refractivity contribution in [3.63, 3.8) is 0 Å². The largest absolute Gasteiger partial charge is 0.379 e. The third kappa shape index (κ3) is 10.1. The molecule has 2 aliphatic carbocycles. The Bertz CT molecular complexity index is 2840. The van der Waals surface area contributed by atoms with Gasteiger partial charge in [-0.1, -0.05) is 120 Å². The molecule has 2 saturated carbocycles. The fraction of sp³-hybridized carbons (Fsp3) is 0.355. The number of para-hydroxylation sites is 2. The van der Waals surface area contributed by atoms with E-state index in [2.05, 4.69) is 21.9 Å². The zero-order valence-electron chi connectivity index (χ0n) is 41.7. The summed E-state index contributed by atoms with van der Waals surface area (Å²) < 4.78 is 10.8. The third-order valence-corrected chi connectivity index (χ3v) is 16.7. The van der Waals surface area contributed by atoms with E-state index in [1.165, 1.54) is 0 Å². The van der Waals surface area contributed by atoms with Crippen molar-refractivity contribution in [2.24, 2.45) is 0 Å². The average Bonchev–Trinajstić information content (AvgIpc) is 4.36. The quantitative estimate of drug-likeness (QED) is 0.0884.